The summed E-state index contributed by atoms with van der Waals surface area (Å²) in [6, 6.07) is 3.03. The zero-order chi connectivity index (χ0) is 15.7. The number of carbonyl (C=O) groups is 1. The Hall–Kier alpha value is -0.713. The van der Waals surface area contributed by atoms with Crippen molar-refractivity contribution in [3.63, 3.8) is 0 Å². The van der Waals surface area contributed by atoms with E-state index < -0.39 is 14.3 Å². The Morgan fingerprint density at radius 3 is 1.95 bits per heavy atom. The average molecular weight is 335 g/mol. The number of methoxy groups -OCH3 is 1. The summed E-state index contributed by atoms with van der Waals surface area (Å²) in [6.07, 6.45) is 0. The Bertz CT molecular complexity index is 499. The molecule has 0 saturated carbocycles. The molecule has 20 heavy (non-hydrogen) atoms. The third-order valence-corrected chi connectivity index (χ3v) is 8.47. The van der Waals surface area contributed by atoms with Crippen molar-refractivity contribution in [2.45, 2.75) is 38.9 Å². The highest BCUT2D eigenvalue weighted by atomic mass is 35.5. The minimum Gasteiger partial charge on any atom is -0.542 e. The Morgan fingerprint density at radius 1 is 1.15 bits per heavy atom. The number of hydrogen-bond acceptors (Lipinski definition) is 3. The standard InChI is InChI=1S/C14H20Cl2O3Si/c1-14(2,3)20(5,6)19-12-10(15)7-9(8-11(12)16)13(17)18-4/h7-8H,1-6H3. The summed E-state index contributed by atoms with van der Waals surface area (Å²) in [5, 5.41) is 0.672. The number of halogens is 2. The molecule has 112 valence electrons. The molecular formula is C14H20Cl2O3Si. The van der Waals surface area contributed by atoms with Gasteiger partial charge in [0.1, 0.15) is 5.75 Å². The van der Waals surface area contributed by atoms with Gasteiger partial charge in [0.2, 0.25) is 0 Å². The maximum Gasteiger partial charge on any atom is 0.337 e. The first kappa shape index (κ1) is 17.3. The fourth-order valence-electron chi connectivity index (χ4n) is 1.30. The van der Waals surface area contributed by atoms with E-state index in [9.17, 15) is 4.79 Å². The van der Waals surface area contributed by atoms with Crippen molar-refractivity contribution in [2.24, 2.45) is 0 Å². The van der Waals surface area contributed by atoms with Gasteiger partial charge < -0.3 is 9.16 Å². The van der Waals surface area contributed by atoms with Crippen molar-refractivity contribution in [2.75, 3.05) is 7.11 Å². The first-order chi connectivity index (χ1) is 8.99. The molecule has 0 aromatic heterocycles. The van der Waals surface area contributed by atoms with Gasteiger partial charge in [0.25, 0.3) is 8.32 Å². The molecule has 0 aliphatic rings. The fourth-order valence-corrected chi connectivity index (χ4v) is 3.03. The van der Waals surface area contributed by atoms with Gasteiger partial charge in [-0.1, -0.05) is 44.0 Å². The molecule has 0 heterocycles. The van der Waals surface area contributed by atoms with Gasteiger partial charge in [-0.05, 0) is 30.3 Å². The molecule has 0 aliphatic carbocycles. The van der Waals surface area contributed by atoms with Crippen LogP contribution in [0.4, 0.5) is 0 Å². The summed E-state index contributed by atoms with van der Waals surface area (Å²) < 4.78 is 10.8. The molecule has 3 nitrogen and oxygen atoms in total. The predicted octanol–water partition coefficient (Wildman–Crippen LogP) is 5.16. The van der Waals surface area contributed by atoms with Crippen molar-refractivity contribution in [1.29, 1.82) is 0 Å². The molecule has 0 saturated heterocycles. The Morgan fingerprint density at radius 2 is 1.60 bits per heavy atom. The van der Waals surface area contributed by atoms with Crippen molar-refractivity contribution >= 4 is 37.5 Å². The van der Waals surface area contributed by atoms with Gasteiger partial charge in [0.15, 0.2) is 0 Å². The lowest BCUT2D eigenvalue weighted by Gasteiger charge is -2.37. The molecule has 0 spiro atoms. The summed E-state index contributed by atoms with van der Waals surface area (Å²) in [5.41, 5.74) is 0.310. The van der Waals surface area contributed by atoms with Gasteiger partial charge in [0, 0.05) is 0 Å². The van der Waals surface area contributed by atoms with Crippen molar-refractivity contribution in [3.8, 4) is 5.75 Å². The molecule has 0 fully saturated rings. The second-order valence-electron chi connectivity index (χ2n) is 6.12. The van der Waals surface area contributed by atoms with Gasteiger partial charge in [-0.2, -0.15) is 0 Å². The molecule has 6 heteroatoms. The normalized spacial score (nSPS) is 12.2. The van der Waals surface area contributed by atoms with Gasteiger partial charge >= 0.3 is 5.97 Å². The second kappa shape index (κ2) is 5.96. The smallest absolute Gasteiger partial charge is 0.337 e. The summed E-state index contributed by atoms with van der Waals surface area (Å²) >= 11 is 12.4. The number of ether oxygens (including phenoxy) is 1. The Kier molecular flexibility index (Phi) is 5.16. The van der Waals surface area contributed by atoms with Crippen LogP contribution in [0.3, 0.4) is 0 Å². The van der Waals surface area contributed by atoms with Crippen LogP contribution < -0.4 is 4.43 Å². The van der Waals surface area contributed by atoms with Crippen molar-refractivity contribution in [3.05, 3.63) is 27.7 Å². The van der Waals surface area contributed by atoms with Crippen LogP contribution in [0.25, 0.3) is 0 Å². The zero-order valence-corrected chi connectivity index (χ0v) is 15.1. The molecule has 1 aromatic carbocycles. The van der Waals surface area contributed by atoms with Gasteiger partial charge in [-0.3, -0.25) is 0 Å². The third kappa shape index (κ3) is 3.68. The van der Waals surface area contributed by atoms with Crippen LogP contribution in [0.2, 0.25) is 28.2 Å². The van der Waals surface area contributed by atoms with Gasteiger partial charge in [0.05, 0.1) is 22.7 Å². The largest absolute Gasteiger partial charge is 0.542 e. The molecule has 0 atom stereocenters. The molecule has 0 unspecified atom stereocenters. The van der Waals surface area contributed by atoms with E-state index >= 15 is 0 Å². The van der Waals surface area contributed by atoms with Crippen LogP contribution >= 0.6 is 23.2 Å². The van der Waals surface area contributed by atoms with Crippen molar-refractivity contribution < 1.29 is 14.0 Å². The average Bonchev–Trinajstić information content (AvgIpc) is 2.31. The Balaban J connectivity index is 3.19. The molecular weight excluding hydrogens is 315 g/mol. The van der Waals surface area contributed by atoms with Crippen LogP contribution in [0.15, 0.2) is 12.1 Å². The van der Waals surface area contributed by atoms with E-state index in [0.717, 1.165) is 0 Å². The summed E-state index contributed by atoms with van der Waals surface area (Å²) in [4.78, 5) is 11.5. The van der Waals surface area contributed by atoms with E-state index in [4.69, 9.17) is 27.6 Å². The highest BCUT2D eigenvalue weighted by Gasteiger charge is 2.39. The van der Waals surface area contributed by atoms with E-state index in [1.54, 1.807) is 0 Å². The first-order valence-electron chi connectivity index (χ1n) is 6.26. The molecule has 0 radical (unpaired) electrons. The number of rotatable bonds is 3. The maximum atomic E-state index is 11.5. The highest BCUT2D eigenvalue weighted by molar-refractivity contribution is 6.75. The summed E-state index contributed by atoms with van der Waals surface area (Å²) in [7, 11) is -0.737. The maximum absolute atomic E-state index is 11.5. The fraction of sp³-hybridized carbons (Fsp3) is 0.500. The molecule has 0 bridgehead atoms. The molecule has 1 rings (SSSR count). The minimum absolute atomic E-state index is 0.0285. The van der Waals surface area contributed by atoms with Gasteiger partial charge in [-0.25, -0.2) is 4.79 Å². The van der Waals surface area contributed by atoms with Crippen LogP contribution in [0.5, 0.6) is 5.75 Å². The van der Waals surface area contributed by atoms with E-state index in [1.165, 1.54) is 19.2 Å². The second-order valence-corrected chi connectivity index (χ2v) is 11.7. The number of benzene rings is 1. The predicted molar refractivity (Wildman–Crippen MR) is 85.6 cm³/mol. The van der Waals surface area contributed by atoms with E-state index in [0.29, 0.717) is 21.4 Å². The molecule has 0 amide bonds. The lowest BCUT2D eigenvalue weighted by atomic mass is 10.2. The topological polar surface area (TPSA) is 35.5 Å². The van der Waals surface area contributed by atoms with E-state index in [2.05, 4.69) is 38.6 Å². The molecule has 0 aliphatic heterocycles. The van der Waals surface area contributed by atoms with E-state index in [-0.39, 0.29) is 5.04 Å². The van der Waals surface area contributed by atoms with Crippen LogP contribution in [-0.2, 0) is 4.74 Å². The zero-order valence-electron chi connectivity index (χ0n) is 12.6. The summed E-state index contributed by atoms with van der Waals surface area (Å²) in [6.45, 7) is 10.6. The Labute approximate surface area is 131 Å². The SMILES string of the molecule is COC(=O)c1cc(Cl)c(O[Si](C)(C)C(C)(C)C)c(Cl)c1. The first-order valence-corrected chi connectivity index (χ1v) is 9.92. The van der Waals surface area contributed by atoms with Crippen LogP contribution in [0, 0.1) is 0 Å². The molecule has 0 N–H and O–H groups in total. The lowest BCUT2D eigenvalue weighted by molar-refractivity contribution is 0.0600. The van der Waals surface area contributed by atoms with Crippen LogP contribution in [-0.4, -0.2) is 21.4 Å². The number of hydrogen-bond donors (Lipinski definition) is 0. The molecule has 1 aromatic rings. The summed E-state index contributed by atoms with van der Waals surface area (Å²) in [5.74, 6) is -0.0414. The number of carbonyl (C=O) groups excluding carboxylic acids is 1. The van der Waals surface area contributed by atoms with Gasteiger partial charge in [-0.15, -0.1) is 0 Å². The number of esters is 1. The lowest BCUT2D eigenvalue weighted by Crippen LogP contribution is -2.44. The third-order valence-electron chi connectivity index (χ3n) is 3.58. The minimum atomic E-state index is -2.05. The monoisotopic (exact) mass is 334 g/mol. The van der Waals surface area contributed by atoms with E-state index in [1.807, 2.05) is 0 Å². The quantitative estimate of drug-likeness (QED) is 0.565. The highest BCUT2D eigenvalue weighted by Crippen LogP contribution is 2.42. The van der Waals surface area contributed by atoms with Crippen molar-refractivity contribution in [1.82, 2.24) is 0 Å². The van der Waals surface area contributed by atoms with Crippen LogP contribution in [0.1, 0.15) is 31.1 Å².